The van der Waals surface area contributed by atoms with E-state index in [4.69, 9.17) is 9.47 Å². The normalized spacial score (nSPS) is 23.0. The molecule has 0 radical (unpaired) electrons. The van der Waals surface area contributed by atoms with Gasteiger partial charge in [0.25, 0.3) is 5.91 Å². The molecule has 1 atom stereocenters. The smallest absolute Gasteiger partial charge is 0.266 e. The first-order valence-corrected chi connectivity index (χ1v) is 9.43. The van der Waals surface area contributed by atoms with Gasteiger partial charge in [-0.3, -0.25) is 4.79 Å². The lowest BCUT2D eigenvalue weighted by atomic mass is 9.90. The van der Waals surface area contributed by atoms with Crippen molar-refractivity contribution in [3.63, 3.8) is 0 Å². The van der Waals surface area contributed by atoms with Gasteiger partial charge < -0.3 is 19.7 Å². The Morgan fingerprint density at radius 1 is 1.28 bits per heavy atom. The highest BCUT2D eigenvalue weighted by atomic mass is 16.5. The second-order valence-corrected chi connectivity index (χ2v) is 7.33. The van der Waals surface area contributed by atoms with Gasteiger partial charge in [-0.05, 0) is 51.4 Å². The summed E-state index contributed by atoms with van der Waals surface area (Å²) in [6, 6.07) is 7.95. The van der Waals surface area contributed by atoms with Crippen molar-refractivity contribution in [2.75, 3.05) is 33.3 Å². The summed E-state index contributed by atoms with van der Waals surface area (Å²) in [6.45, 7) is 5.09. The first-order chi connectivity index (χ1) is 12.1. The molecule has 2 aliphatic rings. The predicted octanol–water partition coefficient (Wildman–Crippen LogP) is 2.52. The van der Waals surface area contributed by atoms with Gasteiger partial charge in [0.05, 0.1) is 6.10 Å². The second-order valence-electron chi connectivity index (χ2n) is 7.33. The molecule has 2 heterocycles. The van der Waals surface area contributed by atoms with Crippen LogP contribution in [0.3, 0.4) is 0 Å². The molecule has 2 aliphatic heterocycles. The molecule has 25 heavy (non-hydrogen) atoms. The van der Waals surface area contributed by atoms with Crippen LogP contribution in [-0.2, 0) is 9.53 Å². The molecular weight excluding hydrogens is 316 g/mol. The van der Waals surface area contributed by atoms with Crippen molar-refractivity contribution in [2.24, 2.45) is 0 Å². The van der Waals surface area contributed by atoms with Crippen molar-refractivity contribution < 1.29 is 14.3 Å². The van der Waals surface area contributed by atoms with Gasteiger partial charge in [0.1, 0.15) is 5.75 Å². The van der Waals surface area contributed by atoms with Crippen molar-refractivity contribution in [3.8, 4) is 5.75 Å². The van der Waals surface area contributed by atoms with E-state index in [-0.39, 0.29) is 12.0 Å². The molecule has 1 aromatic carbocycles. The number of nitrogens with zero attached hydrogens (tertiary/aromatic N) is 1. The molecule has 1 aromatic rings. The largest absolute Gasteiger partial charge is 0.477 e. The summed E-state index contributed by atoms with van der Waals surface area (Å²) in [5.74, 6) is 0.840. The van der Waals surface area contributed by atoms with Crippen LogP contribution in [0.25, 0.3) is 0 Å². The molecule has 1 N–H and O–H groups in total. The van der Waals surface area contributed by atoms with Crippen molar-refractivity contribution >= 4 is 5.91 Å². The molecule has 5 heteroatoms. The van der Waals surface area contributed by atoms with E-state index in [1.54, 1.807) is 0 Å². The van der Waals surface area contributed by atoms with E-state index in [9.17, 15) is 4.79 Å². The Morgan fingerprint density at radius 2 is 2.00 bits per heavy atom. The number of carbonyl (C=O) groups is 1. The number of carbonyl (C=O) groups excluding carboxylic acids is 1. The Kier molecular flexibility index (Phi) is 5.97. The second kappa shape index (κ2) is 8.19. The number of aryl methyl sites for hydroxylation is 1. The van der Waals surface area contributed by atoms with E-state index >= 15 is 0 Å². The van der Waals surface area contributed by atoms with E-state index < -0.39 is 5.60 Å². The van der Waals surface area contributed by atoms with Crippen LogP contribution in [0, 0.1) is 6.92 Å². The molecule has 0 saturated carbocycles. The molecule has 0 spiro atoms. The van der Waals surface area contributed by atoms with Crippen molar-refractivity contribution in [3.05, 3.63) is 29.8 Å². The number of likely N-dealkylation sites (N-methyl/N-ethyl adjacent to an activating group) is 1. The van der Waals surface area contributed by atoms with Gasteiger partial charge in [-0.1, -0.05) is 17.7 Å². The van der Waals surface area contributed by atoms with Crippen LogP contribution in [0.15, 0.2) is 24.3 Å². The number of nitrogens with one attached hydrogen (secondary N) is 1. The van der Waals surface area contributed by atoms with Gasteiger partial charge >= 0.3 is 0 Å². The maximum absolute atomic E-state index is 13.3. The van der Waals surface area contributed by atoms with Crippen LogP contribution < -0.4 is 10.1 Å². The van der Waals surface area contributed by atoms with Crippen LogP contribution in [0.5, 0.6) is 5.75 Å². The maximum Gasteiger partial charge on any atom is 0.266 e. The average Bonchev–Trinajstić information content (AvgIpc) is 2.64. The van der Waals surface area contributed by atoms with Crippen LogP contribution in [0.1, 0.15) is 37.7 Å². The molecule has 2 fully saturated rings. The van der Waals surface area contributed by atoms with Gasteiger partial charge in [0.2, 0.25) is 0 Å². The summed E-state index contributed by atoms with van der Waals surface area (Å²) < 4.78 is 12.1. The third-order valence-corrected chi connectivity index (χ3v) is 5.23. The highest BCUT2D eigenvalue weighted by Gasteiger charge is 2.44. The summed E-state index contributed by atoms with van der Waals surface area (Å²) in [6.07, 6.45) is 4.87. The minimum absolute atomic E-state index is 0.0729. The van der Waals surface area contributed by atoms with E-state index in [1.807, 2.05) is 43.1 Å². The molecule has 0 unspecified atom stereocenters. The van der Waals surface area contributed by atoms with Gasteiger partial charge in [-0.25, -0.2) is 0 Å². The Bertz CT molecular complexity index is 561. The zero-order valence-electron chi connectivity index (χ0n) is 15.4. The molecule has 5 nitrogen and oxygen atoms in total. The zero-order chi connectivity index (χ0) is 17.7. The van der Waals surface area contributed by atoms with Crippen LogP contribution >= 0.6 is 0 Å². The highest BCUT2D eigenvalue weighted by molar-refractivity contribution is 5.85. The SMILES string of the molecule is Cc1ccc(OC2(C(=O)N(C)C[C@@H]3CCCCO3)CCNCC2)cc1. The predicted molar refractivity (Wildman–Crippen MR) is 97.9 cm³/mol. The van der Waals surface area contributed by atoms with Crippen LogP contribution in [0.4, 0.5) is 0 Å². The van der Waals surface area contributed by atoms with E-state index in [0.717, 1.165) is 38.3 Å². The monoisotopic (exact) mass is 346 g/mol. The number of ether oxygens (including phenoxy) is 2. The van der Waals surface area contributed by atoms with Crippen molar-refractivity contribution in [1.82, 2.24) is 10.2 Å². The Hall–Kier alpha value is -1.59. The summed E-state index contributed by atoms with van der Waals surface area (Å²) in [7, 11) is 1.88. The Labute approximate surface area is 150 Å². The summed E-state index contributed by atoms with van der Waals surface area (Å²) in [5, 5.41) is 3.33. The third-order valence-electron chi connectivity index (χ3n) is 5.23. The lowest BCUT2D eigenvalue weighted by Crippen LogP contribution is -2.57. The van der Waals surface area contributed by atoms with Gasteiger partial charge in [-0.15, -0.1) is 0 Å². The third kappa shape index (κ3) is 4.53. The molecule has 3 rings (SSSR count). The fourth-order valence-corrected chi connectivity index (χ4v) is 3.71. The maximum atomic E-state index is 13.3. The van der Waals surface area contributed by atoms with E-state index in [1.165, 1.54) is 12.0 Å². The highest BCUT2D eigenvalue weighted by Crippen LogP contribution is 2.29. The first kappa shape index (κ1) is 18.2. The lowest BCUT2D eigenvalue weighted by molar-refractivity contribution is -0.151. The van der Waals surface area contributed by atoms with Crippen LogP contribution in [0.2, 0.25) is 0 Å². The van der Waals surface area contributed by atoms with E-state index in [2.05, 4.69) is 5.32 Å². The number of amides is 1. The number of hydrogen-bond acceptors (Lipinski definition) is 4. The van der Waals surface area contributed by atoms with Gasteiger partial charge in [0, 0.05) is 33.0 Å². The molecule has 138 valence electrons. The standard InChI is InChI=1S/C20H30N2O3/c1-16-6-8-17(9-7-16)25-20(10-12-21-13-11-20)19(23)22(2)15-18-5-3-4-14-24-18/h6-9,18,21H,3-5,10-15H2,1-2H3/t18-/m0/s1. The number of rotatable bonds is 5. The minimum atomic E-state index is -0.774. The molecular formula is C20H30N2O3. The number of piperidine rings is 1. The van der Waals surface area contributed by atoms with Gasteiger partial charge in [0.15, 0.2) is 5.60 Å². The first-order valence-electron chi connectivity index (χ1n) is 9.43. The molecule has 0 aromatic heterocycles. The quantitative estimate of drug-likeness (QED) is 0.890. The number of hydrogen-bond donors (Lipinski definition) is 1. The zero-order valence-corrected chi connectivity index (χ0v) is 15.4. The lowest BCUT2D eigenvalue weighted by Gasteiger charge is -2.40. The van der Waals surface area contributed by atoms with Crippen LogP contribution in [-0.4, -0.2) is 55.8 Å². The van der Waals surface area contributed by atoms with Crippen molar-refractivity contribution in [1.29, 1.82) is 0 Å². The topological polar surface area (TPSA) is 50.8 Å². The Morgan fingerprint density at radius 3 is 2.64 bits per heavy atom. The minimum Gasteiger partial charge on any atom is -0.477 e. The average molecular weight is 346 g/mol. The van der Waals surface area contributed by atoms with E-state index in [0.29, 0.717) is 19.4 Å². The Balaban J connectivity index is 1.71. The molecule has 0 aliphatic carbocycles. The summed E-state index contributed by atoms with van der Waals surface area (Å²) in [5.41, 5.74) is 0.411. The van der Waals surface area contributed by atoms with Crippen molar-refractivity contribution in [2.45, 2.75) is 50.7 Å². The molecule has 2 saturated heterocycles. The number of benzene rings is 1. The molecule has 1 amide bonds. The molecule has 0 bridgehead atoms. The summed E-state index contributed by atoms with van der Waals surface area (Å²) >= 11 is 0. The fraction of sp³-hybridized carbons (Fsp3) is 0.650. The fourth-order valence-electron chi connectivity index (χ4n) is 3.71. The summed E-state index contributed by atoms with van der Waals surface area (Å²) in [4.78, 5) is 15.1. The van der Waals surface area contributed by atoms with Gasteiger partial charge in [-0.2, -0.15) is 0 Å².